The van der Waals surface area contributed by atoms with E-state index in [0.29, 0.717) is 0 Å². The number of methoxy groups -OCH3 is 1. The van der Waals surface area contributed by atoms with Crippen LogP contribution < -0.4 is 4.74 Å². The Morgan fingerprint density at radius 3 is 2.80 bits per heavy atom. The third-order valence-electron chi connectivity index (χ3n) is 2.68. The summed E-state index contributed by atoms with van der Waals surface area (Å²) in [6.45, 7) is 0. The lowest BCUT2D eigenvalue weighted by molar-refractivity contribution is 0.212. The summed E-state index contributed by atoms with van der Waals surface area (Å²) in [7, 11) is 3.28. The molecule has 0 heterocycles. The maximum Gasteiger partial charge on any atom is 0.119 e. The third-order valence-corrected chi connectivity index (χ3v) is 2.68. The number of aryl methyl sites for hydroxylation is 1. The predicted octanol–water partition coefficient (Wildman–Crippen LogP) is 2.38. The topological polar surface area (TPSA) is 30.8 Å². The van der Waals surface area contributed by atoms with Crippen molar-refractivity contribution in [1.82, 2.24) is 0 Å². The molecule has 0 radical (unpaired) electrons. The van der Waals surface area contributed by atoms with Gasteiger partial charge in [-0.2, -0.15) is 0 Å². The SMILES string of the molecule is CO/N=C1\CCCc2cc(OC)ccc21. The van der Waals surface area contributed by atoms with E-state index < -0.39 is 0 Å². The van der Waals surface area contributed by atoms with Crippen LogP contribution in [0.4, 0.5) is 0 Å². The van der Waals surface area contributed by atoms with Crippen LogP contribution in [0.3, 0.4) is 0 Å². The van der Waals surface area contributed by atoms with E-state index in [0.717, 1.165) is 30.7 Å². The van der Waals surface area contributed by atoms with Crippen molar-refractivity contribution in [3.8, 4) is 5.75 Å². The number of rotatable bonds is 2. The Morgan fingerprint density at radius 2 is 2.07 bits per heavy atom. The maximum atomic E-state index is 5.20. The fourth-order valence-electron chi connectivity index (χ4n) is 1.97. The Balaban J connectivity index is 2.41. The summed E-state index contributed by atoms with van der Waals surface area (Å²) in [4.78, 5) is 4.85. The molecule has 0 amide bonds. The standard InChI is InChI=1S/C12H15NO2/c1-14-10-6-7-11-9(8-10)4-3-5-12(11)13-15-2/h6-8H,3-5H2,1-2H3/b13-12+. The zero-order chi connectivity index (χ0) is 10.7. The van der Waals surface area contributed by atoms with E-state index >= 15 is 0 Å². The number of ether oxygens (including phenoxy) is 1. The number of hydrogen-bond acceptors (Lipinski definition) is 3. The lowest BCUT2D eigenvalue weighted by Gasteiger charge is -2.17. The van der Waals surface area contributed by atoms with E-state index in [9.17, 15) is 0 Å². The van der Waals surface area contributed by atoms with Gasteiger partial charge in [0.25, 0.3) is 0 Å². The summed E-state index contributed by atoms with van der Waals surface area (Å²) in [6.07, 6.45) is 3.21. The molecule has 0 atom stereocenters. The first-order valence-corrected chi connectivity index (χ1v) is 5.12. The Kier molecular flexibility index (Phi) is 2.90. The van der Waals surface area contributed by atoms with Gasteiger partial charge in [-0.15, -0.1) is 0 Å². The molecule has 0 saturated heterocycles. The second-order valence-corrected chi connectivity index (χ2v) is 3.60. The molecule has 0 aliphatic heterocycles. The van der Waals surface area contributed by atoms with E-state index in [1.54, 1.807) is 14.2 Å². The fraction of sp³-hybridized carbons (Fsp3) is 0.417. The van der Waals surface area contributed by atoms with Gasteiger partial charge in [0.1, 0.15) is 12.9 Å². The van der Waals surface area contributed by atoms with Crippen molar-refractivity contribution in [2.75, 3.05) is 14.2 Å². The number of nitrogens with zero attached hydrogens (tertiary/aromatic N) is 1. The molecule has 1 aliphatic carbocycles. The molecule has 0 aromatic heterocycles. The smallest absolute Gasteiger partial charge is 0.119 e. The predicted molar refractivity (Wildman–Crippen MR) is 59.5 cm³/mol. The van der Waals surface area contributed by atoms with Crippen molar-refractivity contribution in [3.05, 3.63) is 29.3 Å². The van der Waals surface area contributed by atoms with Crippen LogP contribution in [0, 0.1) is 0 Å². The summed E-state index contributed by atoms with van der Waals surface area (Å²) in [6, 6.07) is 6.11. The molecule has 0 spiro atoms. The van der Waals surface area contributed by atoms with E-state index in [4.69, 9.17) is 9.57 Å². The van der Waals surface area contributed by atoms with Crippen molar-refractivity contribution >= 4 is 5.71 Å². The molecule has 3 nitrogen and oxygen atoms in total. The minimum atomic E-state index is 0.910. The van der Waals surface area contributed by atoms with Gasteiger partial charge in [-0.3, -0.25) is 0 Å². The number of fused-ring (bicyclic) bond motifs is 1. The highest BCUT2D eigenvalue weighted by Gasteiger charge is 2.16. The molecule has 0 unspecified atom stereocenters. The van der Waals surface area contributed by atoms with Crippen LogP contribution in [0.2, 0.25) is 0 Å². The molecule has 80 valence electrons. The lowest BCUT2D eigenvalue weighted by Crippen LogP contribution is -2.12. The quantitative estimate of drug-likeness (QED) is 0.694. The van der Waals surface area contributed by atoms with Gasteiger partial charge in [0, 0.05) is 5.56 Å². The van der Waals surface area contributed by atoms with Gasteiger partial charge < -0.3 is 9.57 Å². The summed E-state index contributed by atoms with van der Waals surface area (Å²) in [5.41, 5.74) is 3.54. The highest BCUT2D eigenvalue weighted by Crippen LogP contribution is 2.25. The van der Waals surface area contributed by atoms with E-state index in [1.165, 1.54) is 11.1 Å². The molecule has 15 heavy (non-hydrogen) atoms. The maximum absolute atomic E-state index is 5.20. The Labute approximate surface area is 89.7 Å². The largest absolute Gasteiger partial charge is 0.497 e. The van der Waals surface area contributed by atoms with E-state index in [-0.39, 0.29) is 0 Å². The van der Waals surface area contributed by atoms with Crippen LogP contribution in [0.15, 0.2) is 23.4 Å². The molecule has 0 saturated carbocycles. The van der Waals surface area contributed by atoms with Crippen molar-refractivity contribution < 1.29 is 9.57 Å². The van der Waals surface area contributed by atoms with Crippen molar-refractivity contribution in [1.29, 1.82) is 0 Å². The first-order chi connectivity index (χ1) is 7.35. The number of hydrogen-bond donors (Lipinski definition) is 0. The Bertz CT molecular complexity index is 385. The van der Waals surface area contributed by atoms with Gasteiger partial charge >= 0.3 is 0 Å². The summed E-state index contributed by atoms with van der Waals surface area (Å²) >= 11 is 0. The van der Waals surface area contributed by atoms with Gasteiger partial charge in [0.2, 0.25) is 0 Å². The van der Waals surface area contributed by atoms with E-state index in [1.807, 2.05) is 6.07 Å². The average molecular weight is 205 g/mol. The first-order valence-electron chi connectivity index (χ1n) is 5.12. The fourth-order valence-corrected chi connectivity index (χ4v) is 1.97. The highest BCUT2D eigenvalue weighted by atomic mass is 16.6. The second-order valence-electron chi connectivity index (χ2n) is 3.60. The molecule has 0 fully saturated rings. The van der Waals surface area contributed by atoms with Crippen LogP contribution in [-0.4, -0.2) is 19.9 Å². The van der Waals surface area contributed by atoms with E-state index in [2.05, 4.69) is 17.3 Å². The van der Waals surface area contributed by atoms with Crippen molar-refractivity contribution in [2.24, 2.45) is 5.16 Å². The van der Waals surface area contributed by atoms with Gasteiger partial charge in [0.05, 0.1) is 12.8 Å². The normalized spacial score (nSPS) is 17.3. The Hall–Kier alpha value is -1.51. The minimum Gasteiger partial charge on any atom is -0.497 e. The molecule has 0 bridgehead atoms. The summed E-state index contributed by atoms with van der Waals surface area (Å²) in [5.74, 6) is 0.910. The monoisotopic (exact) mass is 205 g/mol. The molecule has 1 aliphatic rings. The average Bonchev–Trinajstić information content (AvgIpc) is 2.29. The lowest BCUT2D eigenvalue weighted by atomic mass is 9.90. The van der Waals surface area contributed by atoms with Crippen LogP contribution in [0.5, 0.6) is 5.75 Å². The zero-order valence-electron chi connectivity index (χ0n) is 9.12. The molecular formula is C12H15NO2. The minimum absolute atomic E-state index is 0.910. The van der Waals surface area contributed by atoms with Crippen LogP contribution in [0.25, 0.3) is 0 Å². The van der Waals surface area contributed by atoms with Crippen molar-refractivity contribution in [3.63, 3.8) is 0 Å². The molecule has 2 rings (SSSR count). The van der Waals surface area contributed by atoms with Crippen LogP contribution >= 0.6 is 0 Å². The number of benzene rings is 1. The number of oxime groups is 1. The first kappa shape index (κ1) is 10.0. The zero-order valence-corrected chi connectivity index (χ0v) is 9.12. The molecule has 0 N–H and O–H groups in total. The summed E-state index contributed by atoms with van der Waals surface area (Å²) < 4.78 is 5.20. The third kappa shape index (κ3) is 1.96. The van der Waals surface area contributed by atoms with Gasteiger partial charge in [0.15, 0.2) is 0 Å². The molecule has 1 aromatic rings. The Morgan fingerprint density at radius 1 is 1.20 bits per heavy atom. The van der Waals surface area contributed by atoms with Crippen molar-refractivity contribution in [2.45, 2.75) is 19.3 Å². The second kappa shape index (κ2) is 4.34. The molecular weight excluding hydrogens is 190 g/mol. The van der Waals surface area contributed by atoms with Gasteiger partial charge in [-0.05, 0) is 43.0 Å². The molecule has 1 aromatic carbocycles. The molecule has 3 heteroatoms. The van der Waals surface area contributed by atoms with Gasteiger partial charge in [-0.25, -0.2) is 0 Å². The highest BCUT2D eigenvalue weighted by molar-refractivity contribution is 6.02. The van der Waals surface area contributed by atoms with Gasteiger partial charge in [-0.1, -0.05) is 5.16 Å². The van der Waals surface area contributed by atoms with Crippen LogP contribution in [-0.2, 0) is 11.3 Å². The summed E-state index contributed by atoms with van der Waals surface area (Å²) in [5, 5.41) is 4.06. The van der Waals surface area contributed by atoms with Crippen LogP contribution in [0.1, 0.15) is 24.0 Å².